The van der Waals surface area contributed by atoms with E-state index in [2.05, 4.69) is 22.7 Å². The number of rotatable bonds is 5. The minimum Gasteiger partial charge on any atom is -0.465 e. The van der Waals surface area contributed by atoms with Crippen molar-refractivity contribution in [3.05, 3.63) is 45.6 Å². The highest BCUT2D eigenvalue weighted by molar-refractivity contribution is 7.80. The van der Waals surface area contributed by atoms with E-state index >= 15 is 0 Å². The molecule has 1 aromatic carbocycles. The summed E-state index contributed by atoms with van der Waals surface area (Å²) < 4.78 is 7.62. The van der Waals surface area contributed by atoms with Crippen molar-refractivity contribution in [3.8, 4) is 0 Å². The Morgan fingerprint density at radius 2 is 2.21 bits per heavy atom. The molecule has 0 saturated heterocycles. The number of benzene rings is 1. The van der Waals surface area contributed by atoms with Crippen LogP contribution in [0.15, 0.2) is 24.4 Å². The summed E-state index contributed by atoms with van der Waals surface area (Å²) in [6.07, 6.45) is 1.87. The molecule has 2 heterocycles. The lowest BCUT2D eigenvalue weighted by atomic mass is 10.1. The number of aryl methyl sites for hydroxylation is 1. The van der Waals surface area contributed by atoms with E-state index < -0.39 is 5.97 Å². The van der Waals surface area contributed by atoms with Gasteiger partial charge in [0.2, 0.25) is 0 Å². The summed E-state index contributed by atoms with van der Waals surface area (Å²) in [7, 11) is 1.34. The summed E-state index contributed by atoms with van der Waals surface area (Å²) >= 11 is 13.1. The summed E-state index contributed by atoms with van der Waals surface area (Å²) in [5, 5.41) is 12.6. The average molecular weight is 437 g/mol. The molecule has 6 nitrogen and oxygen atoms in total. The number of nitrogens with zero attached hydrogens (tertiary/aromatic N) is 2. The molecule has 2 aromatic heterocycles. The van der Waals surface area contributed by atoms with Gasteiger partial charge in [0.1, 0.15) is 4.88 Å². The van der Waals surface area contributed by atoms with Crippen molar-refractivity contribution in [2.75, 3.05) is 12.4 Å². The van der Waals surface area contributed by atoms with Crippen LogP contribution in [0.5, 0.6) is 0 Å². The van der Waals surface area contributed by atoms with Crippen molar-refractivity contribution in [1.29, 1.82) is 0 Å². The Labute approximate surface area is 177 Å². The third-order valence-corrected chi connectivity index (χ3v) is 6.37. The lowest BCUT2D eigenvalue weighted by molar-refractivity contribution is 0.0606. The molecule has 0 bridgehead atoms. The van der Waals surface area contributed by atoms with Crippen molar-refractivity contribution in [2.45, 2.75) is 33.4 Å². The summed E-state index contributed by atoms with van der Waals surface area (Å²) in [5.41, 5.74) is 3.04. The molecule has 2 N–H and O–H groups in total. The van der Waals surface area contributed by atoms with Gasteiger partial charge >= 0.3 is 5.97 Å². The lowest BCUT2D eigenvalue weighted by Crippen LogP contribution is -2.31. The van der Waals surface area contributed by atoms with Gasteiger partial charge in [0.05, 0.1) is 24.4 Å². The fourth-order valence-corrected chi connectivity index (χ4v) is 4.77. The molecule has 3 rings (SSSR count). The molecule has 3 aromatic rings. The van der Waals surface area contributed by atoms with Gasteiger partial charge in [-0.25, -0.2) is 4.79 Å². The van der Waals surface area contributed by atoms with E-state index in [1.165, 1.54) is 18.4 Å². The number of carbonyl (C=O) groups excluding carboxylic acids is 1. The first-order chi connectivity index (χ1) is 13.3. The largest absolute Gasteiger partial charge is 0.465 e. The van der Waals surface area contributed by atoms with E-state index in [0.717, 1.165) is 33.6 Å². The van der Waals surface area contributed by atoms with Crippen LogP contribution in [-0.4, -0.2) is 28.0 Å². The highest BCUT2D eigenvalue weighted by Crippen LogP contribution is 2.37. The van der Waals surface area contributed by atoms with Crippen molar-refractivity contribution >= 4 is 62.0 Å². The monoisotopic (exact) mass is 436 g/mol. The number of halogens is 1. The quantitative estimate of drug-likeness (QED) is 0.437. The average Bonchev–Trinajstić information content (AvgIpc) is 3.20. The van der Waals surface area contributed by atoms with Gasteiger partial charge in [0, 0.05) is 33.6 Å². The molecule has 0 fully saturated rings. The van der Waals surface area contributed by atoms with Crippen LogP contribution >= 0.6 is 35.2 Å². The second kappa shape index (κ2) is 8.46. The minimum atomic E-state index is -0.435. The second-order valence-corrected chi connectivity index (χ2v) is 8.11. The Morgan fingerprint density at radius 3 is 2.86 bits per heavy atom. The number of hydrogen-bond donors (Lipinski definition) is 2. The standard InChI is InChI=1S/C19H21ClN4O2S2/c1-5-24-11(3)14(9-21-24)10(2)22-19(27)23-12-6-7-13-15(8-12)28-17(16(13)20)18(25)26-4/h6-10H,5H2,1-4H3,(H2,22,23,27). The number of esters is 1. The van der Waals surface area contributed by atoms with Gasteiger partial charge in [0.25, 0.3) is 0 Å². The van der Waals surface area contributed by atoms with E-state index in [-0.39, 0.29) is 6.04 Å². The number of hydrogen-bond acceptors (Lipinski definition) is 5. The first-order valence-corrected chi connectivity index (χ1v) is 10.4. The molecular weight excluding hydrogens is 416 g/mol. The fraction of sp³-hybridized carbons (Fsp3) is 0.316. The Morgan fingerprint density at radius 1 is 1.46 bits per heavy atom. The van der Waals surface area contributed by atoms with Gasteiger partial charge in [-0.05, 0) is 51.2 Å². The van der Waals surface area contributed by atoms with Crippen molar-refractivity contribution < 1.29 is 9.53 Å². The van der Waals surface area contributed by atoms with Crippen LogP contribution in [0.1, 0.15) is 40.8 Å². The first kappa shape index (κ1) is 20.6. The smallest absolute Gasteiger partial charge is 0.349 e. The van der Waals surface area contributed by atoms with E-state index in [4.69, 9.17) is 28.6 Å². The normalized spacial score (nSPS) is 12.0. The zero-order valence-corrected chi connectivity index (χ0v) is 18.4. The van der Waals surface area contributed by atoms with Gasteiger partial charge in [-0.3, -0.25) is 4.68 Å². The van der Waals surface area contributed by atoms with Crippen LogP contribution in [-0.2, 0) is 11.3 Å². The minimum absolute atomic E-state index is 0.0196. The van der Waals surface area contributed by atoms with Gasteiger partial charge in [-0.1, -0.05) is 11.6 Å². The predicted molar refractivity (Wildman–Crippen MR) is 119 cm³/mol. The SMILES string of the molecule is CCn1ncc(C(C)NC(=S)Nc2ccc3c(Cl)c(C(=O)OC)sc3c2)c1C. The molecule has 0 saturated carbocycles. The van der Waals surface area contributed by atoms with Crippen LogP contribution in [0.4, 0.5) is 5.69 Å². The number of ether oxygens (including phenoxy) is 1. The summed E-state index contributed by atoms with van der Waals surface area (Å²) in [4.78, 5) is 12.2. The molecule has 28 heavy (non-hydrogen) atoms. The van der Waals surface area contributed by atoms with E-state index in [9.17, 15) is 4.79 Å². The van der Waals surface area contributed by atoms with Crippen molar-refractivity contribution in [3.63, 3.8) is 0 Å². The molecule has 0 radical (unpaired) electrons. The number of nitrogens with one attached hydrogen (secondary N) is 2. The summed E-state index contributed by atoms with van der Waals surface area (Å²) in [5.74, 6) is -0.435. The Kier molecular flexibility index (Phi) is 6.22. The second-order valence-electron chi connectivity index (χ2n) is 6.27. The maximum atomic E-state index is 11.8. The van der Waals surface area contributed by atoms with Gasteiger partial charge in [0.15, 0.2) is 5.11 Å². The summed E-state index contributed by atoms with van der Waals surface area (Å²) in [6, 6.07) is 5.68. The van der Waals surface area contributed by atoms with E-state index in [0.29, 0.717) is 15.0 Å². The maximum Gasteiger partial charge on any atom is 0.349 e. The van der Waals surface area contributed by atoms with E-state index in [1.54, 1.807) is 0 Å². The molecule has 148 valence electrons. The number of thiocarbonyl (C=S) groups is 1. The summed E-state index contributed by atoms with van der Waals surface area (Å²) in [6.45, 7) is 6.99. The van der Waals surface area contributed by atoms with Crippen LogP contribution in [0.25, 0.3) is 10.1 Å². The van der Waals surface area contributed by atoms with Gasteiger partial charge < -0.3 is 15.4 Å². The topological polar surface area (TPSA) is 68.2 Å². The Balaban J connectivity index is 1.73. The number of anilines is 1. The molecule has 1 atom stereocenters. The number of thiophene rings is 1. The lowest BCUT2D eigenvalue weighted by Gasteiger charge is -2.17. The molecule has 0 aliphatic rings. The maximum absolute atomic E-state index is 11.8. The Bertz CT molecular complexity index is 1040. The van der Waals surface area contributed by atoms with Crippen LogP contribution in [0, 0.1) is 6.92 Å². The third-order valence-electron chi connectivity index (χ3n) is 4.51. The molecule has 0 amide bonds. The molecular formula is C19H21ClN4O2S2. The van der Waals surface area contributed by atoms with Crippen LogP contribution < -0.4 is 10.6 Å². The highest BCUT2D eigenvalue weighted by atomic mass is 35.5. The molecule has 0 aliphatic carbocycles. The highest BCUT2D eigenvalue weighted by Gasteiger charge is 2.18. The molecule has 0 spiro atoms. The Hall–Kier alpha value is -2.16. The van der Waals surface area contributed by atoms with E-state index in [1.807, 2.05) is 42.9 Å². The molecule has 0 aliphatic heterocycles. The van der Waals surface area contributed by atoms with Crippen LogP contribution in [0.3, 0.4) is 0 Å². The first-order valence-electron chi connectivity index (χ1n) is 8.75. The van der Waals surface area contributed by atoms with Gasteiger partial charge in [-0.15, -0.1) is 11.3 Å². The number of fused-ring (bicyclic) bond motifs is 1. The molecule has 9 heteroatoms. The zero-order chi connectivity index (χ0) is 20.4. The zero-order valence-electron chi connectivity index (χ0n) is 16.0. The van der Waals surface area contributed by atoms with Crippen LogP contribution in [0.2, 0.25) is 5.02 Å². The number of aromatic nitrogens is 2. The third kappa shape index (κ3) is 3.99. The number of methoxy groups -OCH3 is 1. The predicted octanol–water partition coefficient (Wildman–Crippen LogP) is 4.91. The van der Waals surface area contributed by atoms with Crippen molar-refractivity contribution in [1.82, 2.24) is 15.1 Å². The number of carbonyl (C=O) groups is 1. The van der Waals surface area contributed by atoms with Crippen molar-refractivity contribution in [2.24, 2.45) is 0 Å². The van der Waals surface area contributed by atoms with Gasteiger partial charge in [-0.2, -0.15) is 5.10 Å². The fourth-order valence-electron chi connectivity index (χ4n) is 3.01. The molecule has 1 unspecified atom stereocenters.